The van der Waals surface area contributed by atoms with Crippen molar-refractivity contribution >= 4 is 33.8 Å². The molecule has 0 radical (unpaired) electrons. The van der Waals surface area contributed by atoms with Crippen molar-refractivity contribution in [2.24, 2.45) is 0 Å². The van der Waals surface area contributed by atoms with E-state index in [1.807, 2.05) is 30.6 Å². The monoisotopic (exact) mass is 341 g/mol. The third kappa shape index (κ3) is 2.13. The van der Waals surface area contributed by atoms with E-state index in [1.165, 1.54) is 41.0 Å². The molecule has 0 fully saturated rings. The van der Waals surface area contributed by atoms with Gasteiger partial charge in [-0.15, -0.1) is 0 Å². The maximum Gasteiger partial charge on any atom is 0.160 e. The highest BCUT2D eigenvalue weighted by molar-refractivity contribution is 6.06. The van der Waals surface area contributed by atoms with Crippen LogP contribution in [0.3, 0.4) is 0 Å². The Morgan fingerprint density at radius 2 is 1.96 bits per heavy atom. The van der Waals surface area contributed by atoms with Crippen molar-refractivity contribution in [2.45, 2.75) is 25.7 Å². The first kappa shape index (κ1) is 15.1. The number of aromatic nitrogens is 3. The van der Waals surface area contributed by atoms with Crippen LogP contribution in [0.4, 0.5) is 5.69 Å². The molecule has 1 aliphatic carbocycles. The fraction of sp³-hybridized carbons (Fsp3) is 0.190. The number of nitrogens with two attached hydrogens (primary N) is 1. The average Bonchev–Trinajstić information content (AvgIpc) is 3.16. The second-order valence-corrected chi connectivity index (χ2v) is 6.87. The largest absolute Gasteiger partial charge is 0.398 e. The first-order valence-electron chi connectivity index (χ1n) is 8.94. The third-order valence-electron chi connectivity index (χ3n) is 5.38. The lowest BCUT2D eigenvalue weighted by Crippen LogP contribution is -2.08. The van der Waals surface area contributed by atoms with Gasteiger partial charge in [-0.1, -0.05) is 6.07 Å². The Bertz CT molecular complexity index is 1170. The van der Waals surface area contributed by atoms with E-state index in [2.05, 4.69) is 16.0 Å². The molecule has 4 aromatic rings. The van der Waals surface area contributed by atoms with Gasteiger partial charge in [0.1, 0.15) is 0 Å². The smallest absolute Gasteiger partial charge is 0.160 e. The number of aromatic amines is 1. The number of nitrogens with one attached hydrogen (secondary N) is 2. The Kier molecular flexibility index (Phi) is 3.28. The fourth-order valence-electron chi connectivity index (χ4n) is 4.10. The van der Waals surface area contributed by atoms with E-state index in [-0.39, 0.29) is 0 Å². The SMILES string of the molecule is N=Cc1cc(-c2nc3ncc4[nH]ccc4c3c3c2CCCC3)ccc1N. The van der Waals surface area contributed by atoms with Gasteiger partial charge in [-0.3, -0.25) is 0 Å². The lowest BCUT2D eigenvalue weighted by molar-refractivity contribution is 0.689. The number of anilines is 1. The van der Waals surface area contributed by atoms with Crippen LogP contribution in [0, 0.1) is 5.41 Å². The van der Waals surface area contributed by atoms with Crippen molar-refractivity contribution < 1.29 is 0 Å². The zero-order chi connectivity index (χ0) is 17.7. The lowest BCUT2D eigenvalue weighted by atomic mass is 9.86. The molecule has 128 valence electrons. The number of benzene rings is 1. The van der Waals surface area contributed by atoms with Crippen molar-refractivity contribution in [3.05, 3.63) is 53.3 Å². The molecule has 0 saturated carbocycles. The zero-order valence-electron chi connectivity index (χ0n) is 14.3. The van der Waals surface area contributed by atoms with Crippen LogP contribution in [0.15, 0.2) is 36.7 Å². The van der Waals surface area contributed by atoms with E-state index in [0.29, 0.717) is 5.69 Å². The molecule has 5 rings (SSSR count). The van der Waals surface area contributed by atoms with Gasteiger partial charge in [0, 0.05) is 40.0 Å². The Morgan fingerprint density at radius 3 is 2.81 bits per heavy atom. The van der Waals surface area contributed by atoms with E-state index >= 15 is 0 Å². The van der Waals surface area contributed by atoms with Crippen LogP contribution < -0.4 is 5.73 Å². The highest BCUT2D eigenvalue weighted by atomic mass is 14.9. The summed E-state index contributed by atoms with van der Waals surface area (Å²) in [4.78, 5) is 12.8. The van der Waals surface area contributed by atoms with Crippen molar-refractivity contribution in [3.63, 3.8) is 0 Å². The van der Waals surface area contributed by atoms with Gasteiger partial charge >= 0.3 is 0 Å². The summed E-state index contributed by atoms with van der Waals surface area (Å²) in [6, 6.07) is 7.94. The number of nitrogens with zero attached hydrogens (tertiary/aromatic N) is 2. The van der Waals surface area contributed by atoms with Gasteiger partial charge in [-0.25, -0.2) is 9.97 Å². The van der Waals surface area contributed by atoms with E-state index < -0.39 is 0 Å². The molecule has 26 heavy (non-hydrogen) atoms. The Morgan fingerprint density at radius 1 is 1.12 bits per heavy atom. The minimum Gasteiger partial charge on any atom is -0.398 e. The molecule has 3 heterocycles. The summed E-state index contributed by atoms with van der Waals surface area (Å²) >= 11 is 0. The summed E-state index contributed by atoms with van der Waals surface area (Å²) in [6.07, 6.45) is 9.57. The molecule has 0 spiro atoms. The number of pyridine rings is 2. The number of aryl methyl sites for hydroxylation is 1. The Hall–Kier alpha value is -3.21. The van der Waals surface area contributed by atoms with Gasteiger partial charge in [-0.05, 0) is 55.0 Å². The minimum atomic E-state index is 0.616. The maximum atomic E-state index is 7.59. The number of hydrogen-bond donors (Lipinski definition) is 3. The molecule has 5 nitrogen and oxygen atoms in total. The van der Waals surface area contributed by atoms with Gasteiger partial charge in [0.05, 0.1) is 17.4 Å². The molecule has 0 unspecified atom stereocenters. The average molecular weight is 341 g/mol. The molecule has 3 aromatic heterocycles. The van der Waals surface area contributed by atoms with Crippen LogP contribution in [0.5, 0.6) is 0 Å². The Labute approximate surface area is 150 Å². The number of rotatable bonds is 2. The highest BCUT2D eigenvalue weighted by Crippen LogP contribution is 2.37. The summed E-state index contributed by atoms with van der Waals surface area (Å²) in [6.45, 7) is 0. The van der Waals surface area contributed by atoms with E-state index in [1.54, 1.807) is 0 Å². The number of fused-ring (bicyclic) bond motifs is 5. The van der Waals surface area contributed by atoms with Crippen molar-refractivity contribution in [1.82, 2.24) is 15.0 Å². The predicted octanol–water partition coefficient (Wildman–Crippen LogP) is 4.24. The first-order valence-corrected chi connectivity index (χ1v) is 8.94. The molecule has 0 aliphatic heterocycles. The highest BCUT2D eigenvalue weighted by Gasteiger charge is 2.21. The van der Waals surface area contributed by atoms with Crippen LogP contribution in [0.2, 0.25) is 0 Å². The molecule has 4 N–H and O–H groups in total. The summed E-state index contributed by atoms with van der Waals surface area (Å²) in [5, 5.41) is 9.98. The molecular weight excluding hydrogens is 322 g/mol. The number of H-pyrrole nitrogens is 1. The van der Waals surface area contributed by atoms with E-state index in [4.69, 9.17) is 16.1 Å². The van der Waals surface area contributed by atoms with Gasteiger partial charge < -0.3 is 16.1 Å². The van der Waals surface area contributed by atoms with Crippen LogP contribution in [0.1, 0.15) is 29.5 Å². The predicted molar refractivity (Wildman–Crippen MR) is 106 cm³/mol. The van der Waals surface area contributed by atoms with E-state index in [9.17, 15) is 0 Å². The van der Waals surface area contributed by atoms with Crippen LogP contribution >= 0.6 is 0 Å². The molecule has 1 aromatic carbocycles. The first-order chi connectivity index (χ1) is 12.8. The van der Waals surface area contributed by atoms with Crippen LogP contribution in [-0.4, -0.2) is 21.2 Å². The quantitative estimate of drug-likeness (QED) is 0.376. The Balaban J connectivity index is 1.86. The molecule has 0 atom stereocenters. The van der Waals surface area contributed by atoms with Crippen LogP contribution in [0.25, 0.3) is 33.2 Å². The van der Waals surface area contributed by atoms with Gasteiger partial charge in [0.15, 0.2) is 5.65 Å². The minimum absolute atomic E-state index is 0.616. The van der Waals surface area contributed by atoms with Crippen LogP contribution in [-0.2, 0) is 12.8 Å². The maximum absolute atomic E-state index is 7.59. The van der Waals surface area contributed by atoms with E-state index in [0.717, 1.165) is 40.8 Å². The summed E-state index contributed by atoms with van der Waals surface area (Å²) < 4.78 is 0. The topological polar surface area (TPSA) is 91.4 Å². The molecule has 1 aliphatic rings. The molecule has 0 bridgehead atoms. The summed E-state index contributed by atoms with van der Waals surface area (Å²) in [7, 11) is 0. The molecular formula is C21H19N5. The van der Waals surface area contributed by atoms with Crippen molar-refractivity contribution in [1.29, 1.82) is 5.41 Å². The molecule has 0 amide bonds. The number of hydrogen-bond acceptors (Lipinski definition) is 4. The fourth-order valence-corrected chi connectivity index (χ4v) is 4.10. The molecule has 5 heteroatoms. The second kappa shape index (κ2) is 5.66. The summed E-state index contributed by atoms with van der Waals surface area (Å²) in [5.41, 5.74) is 13.8. The number of nitrogen functional groups attached to an aromatic ring is 1. The third-order valence-corrected chi connectivity index (χ3v) is 5.38. The van der Waals surface area contributed by atoms with Crippen molar-refractivity contribution in [2.75, 3.05) is 5.73 Å². The molecule has 0 saturated heterocycles. The zero-order valence-corrected chi connectivity index (χ0v) is 14.3. The lowest BCUT2D eigenvalue weighted by Gasteiger charge is -2.21. The standard InChI is InChI=1S/C21H19N5/c22-10-13-9-12(5-6-17(13)23)20-15-4-2-1-3-14(15)19-16-7-8-24-18(16)11-25-21(19)26-20/h5-11,22,24H,1-4,23H2. The normalized spacial score (nSPS) is 13.8. The van der Waals surface area contributed by atoms with Gasteiger partial charge in [0.25, 0.3) is 0 Å². The summed E-state index contributed by atoms with van der Waals surface area (Å²) in [5.74, 6) is 0. The second-order valence-electron chi connectivity index (χ2n) is 6.87. The van der Waals surface area contributed by atoms with Gasteiger partial charge in [0.2, 0.25) is 0 Å². The van der Waals surface area contributed by atoms with Crippen molar-refractivity contribution in [3.8, 4) is 11.3 Å². The van der Waals surface area contributed by atoms with Gasteiger partial charge in [-0.2, -0.15) is 0 Å².